The van der Waals surface area contributed by atoms with Crippen LogP contribution < -0.4 is 0 Å². The van der Waals surface area contributed by atoms with Crippen molar-refractivity contribution in [2.24, 2.45) is 11.3 Å². The highest BCUT2D eigenvalue weighted by Crippen LogP contribution is 2.53. The van der Waals surface area contributed by atoms with E-state index in [1.54, 1.807) is 4.90 Å². The molecule has 4 heteroatoms. The second kappa shape index (κ2) is 3.17. The second-order valence-electron chi connectivity index (χ2n) is 5.75. The molecule has 0 aromatic carbocycles. The van der Waals surface area contributed by atoms with Crippen molar-refractivity contribution in [1.82, 2.24) is 4.90 Å². The Hall–Kier alpha value is -0.670. The SMILES string of the molecule is O=C([C@@H]1CCCCC1(F)F)N1CC2(CC2)C1. The van der Waals surface area contributed by atoms with Gasteiger partial charge in [-0.05, 0) is 25.7 Å². The molecule has 90 valence electrons. The van der Waals surface area contributed by atoms with Gasteiger partial charge < -0.3 is 4.90 Å². The zero-order chi connectivity index (χ0) is 11.4. The third-order valence-electron chi connectivity index (χ3n) is 4.38. The van der Waals surface area contributed by atoms with E-state index in [2.05, 4.69) is 0 Å². The molecular weight excluding hydrogens is 212 g/mol. The fraction of sp³-hybridized carbons (Fsp3) is 0.917. The molecule has 1 saturated heterocycles. The maximum Gasteiger partial charge on any atom is 0.259 e. The number of carbonyl (C=O) groups excluding carboxylic acids is 1. The largest absolute Gasteiger partial charge is 0.341 e. The first-order valence-corrected chi connectivity index (χ1v) is 6.19. The number of nitrogens with zero attached hydrogens (tertiary/aromatic N) is 1. The molecule has 2 aliphatic carbocycles. The summed E-state index contributed by atoms with van der Waals surface area (Å²) in [6.45, 7) is 1.47. The first kappa shape index (κ1) is 10.5. The highest BCUT2D eigenvalue weighted by atomic mass is 19.3. The number of likely N-dealkylation sites (tertiary alicyclic amines) is 1. The maximum absolute atomic E-state index is 13.6. The van der Waals surface area contributed by atoms with E-state index in [9.17, 15) is 13.6 Å². The van der Waals surface area contributed by atoms with E-state index in [4.69, 9.17) is 0 Å². The Balaban J connectivity index is 1.65. The normalized spacial score (nSPS) is 34.6. The van der Waals surface area contributed by atoms with Crippen LogP contribution in [0.4, 0.5) is 8.78 Å². The number of hydrogen-bond donors (Lipinski definition) is 0. The van der Waals surface area contributed by atoms with Crippen molar-refractivity contribution >= 4 is 5.91 Å². The molecule has 1 amide bonds. The minimum absolute atomic E-state index is 0.109. The van der Waals surface area contributed by atoms with Crippen LogP contribution >= 0.6 is 0 Å². The Bertz CT molecular complexity index is 317. The van der Waals surface area contributed by atoms with E-state index in [1.165, 1.54) is 12.8 Å². The molecule has 0 bridgehead atoms. The lowest BCUT2D eigenvalue weighted by molar-refractivity contribution is -0.163. The Morgan fingerprint density at radius 1 is 1.12 bits per heavy atom. The lowest BCUT2D eigenvalue weighted by Gasteiger charge is -2.43. The number of amides is 1. The quantitative estimate of drug-likeness (QED) is 0.676. The van der Waals surface area contributed by atoms with E-state index in [-0.39, 0.29) is 12.3 Å². The average molecular weight is 229 g/mol. The van der Waals surface area contributed by atoms with Crippen molar-refractivity contribution in [1.29, 1.82) is 0 Å². The summed E-state index contributed by atoms with van der Waals surface area (Å²) in [6, 6.07) is 0. The second-order valence-corrected chi connectivity index (χ2v) is 5.75. The van der Waals surface area contributed by atoms with Crippen LogP contribution in [0.1, 0.15) is 38.5 Å². The molecule has 1 aliphatic heterocycles. The van der Waals surface area contributed by atoms with E-state index < -0.39 is 11.8 Å². The Labute approximate surface area is 94.0 Å². The van der Waals surface area contributed by atoms with Crippen LogP contribution in [0.25, 0.3) is 0 Å². The van der Waals surface area contributed by atoms with Crippen LogP contribution in [-0.4, -0.2) is 29.8 Å². The van der Waals surface area contributed by atoms with Gasteiger partial charge >= 0.3 is 0 Å². The molecule has 0 aromatic heterocycles. The molecule has 1 atom stereocenters. The van der Waals surface area contributed by atoms with Crippen molar-refractivity contribution in [3.63, 3.8) is 0 Å². The highest BCUT2D eigenvalue weighted by molar-refractivity contribution is 5.81. The predicted octanol–water partition coefficient (Wildman–Crippen LogP) is 2.43. The third kappa shape index (κ3) is 1.54. The standard InChI is InChI=1S/C12H17F2NO/c13-12(14)4-2-1-3-9(12)10(16)15-7-11(8-15)5-6-11/h9H,1-8H2/t9-/m0/s1. The minimum Gasteiger partial charge on any atom is -0.341 e. The van der Waals surface area contributed by atoms with Crippen LogP contribution in [0.2, 0.25) is 0 Å². The monoisotopic (exact) mass is 229 g/mol. The number of rotatable bonds is 1. The average Bonchev–Trinajstić information content (AvgIpc) is 2.93. The molecule has 0 N–H and O–H groups in total. The number of alkyl halides is 2. The van der Waals surface area contributed by atoms with E-state index in [0.717, 1.165) is 19.5 Å². The topological polar surface area (TPSA) is 20.3 Å². The summed E-state index contributed by atoms with van der Waals surface area (Å²) in [4.78, 5) is 13.6. The van der Waals surface area contributed by atoms with Crippen LogP contribution in [0.15, 0.2) is 0 Å². The number of carbonyl (C=O) groups is 1. The summed E-state index contributed by atoms with van der Waals surface area (Å²) in [5, 5.41) is 0. The minimum atomic E-state index is -2.76. The first-order valence-electron chi connectivity index (χ1n) is 6.19. The van der Waals surface area contributed by atoms with Crippen LogP contribution in [0.3, 0.4) is 0 Å². The Morgan fingerprint density at radius 2 is 1.81 bits per heavy atom. The molecule has 3 aliphatic rings. The summed E-state index contributed by atoms with van der Waals surface area (Å²) < 4.78 is 27.2. The van der Waals surface area contributed by atoms with Gasteiger partial charge in [-0.1, -0.05) is 6.42 Å². The van der Waals surface area contributed by atoms with Gasteiger partial charge in [-0.3, -0.25) is 4.79 Å². The molecule has 1 heterocycles. The molecule has 0 radical (unpaired) electrons. The van der Waals surface area contributed by atoms with Gasteiger partial charge in [-0.2, -0.15) is 0 Å². The fourth-order valence-electron chi connectivity index (χ4n) is 3.03. The van der Waals surface area contributed by atoms with Crippen molar-refractivity contribution in [2.45, 2.75) is 44.4 Å². The van der Waals surface area contributed by atoms with Gasteiger partial charge in [-0.25, -0.2) is 8.78 Å². The highest BCUT2D eigenvalue weighted by Gasteiger charge is 2.56. The van der Waals surface area contributed by atoms with Crippen LogP contribution in [0, 0.1) is 11.3 Å². The van der Waals surface area contributed by atoms with Gasteiger partial charge in [0.15, 0.2) is 0 Å². The number of halogens is 2. The molecule has 0 unspecified atom stereocenters. The smallest absolute Gasteiger partial charge is 0.259 e. The molecule has 2 nitrogen and oxygen atoms in total. The van der Waals surface area contributed by atoms with Crippen molar-refractivity contribution < 1.29 is 13.6 Å². The summed E-state index contributed by atoms with van der Waals surface area (Å²) in [7, 11) is 0. The van der Waals surface area contributed by atoms with Crippen LogP contribution in [0.5, 0.6) is 0 Å². The van der Waals surface area contributed by atoms with Gasteiger partial charge in [0.05, 0.1) is 0 Å². The van der Waals surface area contributed by atoms with E-state index in [0.29, 0.717) is 18.3 Å². The molecule has 1 spiro atoms. The van der Waals surface area contributed by atoms with Gasteiger partial charge in [-0.15, -0.1) is 0 Å². The lowest BCUT2D eigenvalue weighted by Crippen LogP contribution is -2.56. The molecular formula is C12H17F2NO. The summed E-state index contributed by atoms with van der Waals surface area (Å²) >= 11 is 0. The summed E-state index contributed by atoms with van der Waals surface area (Å²) in [5.74, 6) is -4.08. The molecule has 0 aromatic rings. The van der Waals surface area contributed by atoms with Crippen molar-refractivity contribution in [3.8, 4) is 0 Å². The molecule has 2 saturated carbocycles. The third-order valence-corrected chi connectivity index (χ3v) is 4.38. The molecule has 3 rings (SSSR count). The number of hydrogen-bond acceptors (Lipinski definition) is 1. The molecule has 3 fully saturated rings. The van der Waals surface area contributed by atoms with Gasteiger partial charge in [0, 0.05) is 24.9 Å². The summed E-state index contributed by atoms with van der Waals surface area (Å²) in [5.41, 5.74) is 0.361. The van der Waals surface area contributed by atoms with Crippen molar-refractivity contribution in [3.05, 3.63) is 0 Å². The summed E-state index contributed by atoms with van der Waals surface area (Å²) in [6.07, 6.45) is 3.94. The van der Waals surface area contributed by atoms with E-state index >= 15 is 0 Å². The van der Waals surface area contributed by atoms with Crippen molar-refractivity contribution in [2.75, 3.05) is 13.1 Å². The van der Waals surface area contributed by atoms with Gasteiger partial charge in [0.1, 0.15) is 5.92 Å². The Morgan fingerprint density at radius 3 is 2.38 bits per heavy atom. The first-order chi connectivity index (χ1) is 7.53. The molecule has 16 heavy (non-hydrogen) atoms. The van der Waals surface area contributed by atoms with Crippen LogP contribution in [-0.2, 0) is 4.79 Å². The predicted molar refractivity (Wildman–Crippen MR) is 55.2 cm³/mol. The van der Waals surface area contributed by atoms with Gasteiger partial charge in [0.2, 0.25) is 5.91 Å². The zero-order valence-corrected chi connectivity index (χ0v) is 9.35. The Kier molecular flexibility index (Phi) is 2.08. The van der Waals surface area contributed by atoms with E-state index in [1.807, 2.05) is 0 Å². The maximum atomic E-state index is 13.6. The lowest BCUT2D eigenvalue weighted by atomic mass is 9.83. The van der Waals surface area contributed by atoms with Gasteiger partial charge in [0.25, 0.3) is 5.92 Å². The zero-order valence-electron chi connectivity index (χ0n) is 9.35. The fourth-order valence-corrected chi connectivity index (χ4v) is 3.03.